The van der Waals surface area contributed by atoms with Crippen molar-refractivity contribution in [1.29, 1.82) is 0 Å². The quantitative estimate of drug-likeness (QED) is 0.267. The van der Waals surface area contributed by atoms with Gasteiger partial charge in [0, 0.05) is 18.7 Å². The summed E-state index contributed by atoms with van der Waals surface area (Å²) in [5, 5.41) is 0. The number of nitrogens with one attached hydrogen (secondary N) is 1. The molecule has 2 aromatic carbocycles. The summed E-state index contributed by atoms with van der Waals surface area (Å²) in [6.07, 6.45) is 9.16. The van der Waals surface area contributed by atoms with Crippen molar-refractivity contribution in [1.82, 2.24) is 10.4 Å². The zero-order chi connectivity index (χ0) is 24.4. The van der Waals surface area contributed by atoms with Crippen LogP contribution in [0.1, 0.15) is 70.4 Å². The third kappa shape index (κ3) is 9.13. The monoisotopic (exact) mass is 468 g/mol. The first-order valence-corrected chi connectivity index (χ1v) is 13.2. The van der Waals surface area contributed by atoms with Crippen LogP contribution in [0.4, 0.5) is 4.39 Å². The second-order valence-corrected chi connectivity index (χ2v) is 11.2. The summed E-state index contributed by atoms with van der Waals surface area (Å²) in [6.45, 7) is 11.5. The molecule has 34 heavy (non-hydrogen) atoms. The highest BCUT2D eigenvalue weighted by Gasteiger charge is 2.22. The van der Waals surface area contributed by atoms with Crippen molar-refractivity contribution in [3.8, 4) is 11.1 Å². The molecule has 0 bridgehead atoms. The van der Waals surface area contributed by atoms with Crippen molar-refractivity contribution in [3.63, 3.8) is 0 Å². The zero-order valence-electron chi connectivity index (χ0n) is 21.8. The van der Waals surface area contributed by atoms with Crippen LogP contribution < -0.4 is 5.48 Å². The summed E-state index contributed by atoms with van der Waals surface area (Å²) >= 11 is 0. The van der Waals surface area contributed by atoms with Gasteiger partial charge in [-0.15, -0.1) is 0 Å². The zero-order valence-corrected chi connectivity index (χ0v) is 21.8. The van der Waals surface area contributed by atoms with E-state index >= 15 is 0 Å². The van der Waals surface area contributed by atoms with Gasteiger partial charge in [-0.1, -0.05) is 63.6 Å². The molecule has 0 spiro atoms. The number of halogens is 1. The summed E-state index contributed by atoms with van der Waals surface area (Å²) < 4.78 is 14.8. The van der Waals surface area contributed by atoms with Gasteiger partial charge in [0.05, 0.1) is 7.11 Å². The molecule has 0 unspecified atom stereocenters. The van der Waals surface area contributed by atoms with Gasteiger partial charge in [-0.3, -0.25) is 0 Å². The SMILES string of the molecule is CONCCCCCc1ccc(-c2ccc(CCC3CCN(CC(C)(C)C)CC3)cc2)c(F)c1. The molecule has 0 radical (unpaired) electrons. The minimum Gasteiger partial charge on any atom is -0.305 e. The Morgan fingerprint density at radius 1 is 0.941 bits per heavy atom. The molecule has 2 aromatic rings. The number of likely N-dealkylation sites (tertiary alicyclic amines) is 1. The second-order valence-electron chi connectivity index (χ2n) is 11.2. The van der Waals surface area contributed by atoms with Crippen molar-refractivity contribution in [2.24, 2.45) is 11.3 Å². The first-order valence-electron chi connectivity index (χ1n) is 13.2. The van der Waals surface area contributed by atoms with Crippen LogP contribution in [-0.4, -0.2) is 38.2 Å². The summed E-state index contributed by atoms with van der Waals surface area (Å²) in [6, 6.07) is 14.3. The Balaban J connectivity index is 1.43. The van der Waals surface area contributed by atoms with Gasteiger partial charge in [0.25, 0.3) is 0 Å². The largest absolute Gasteiger partial charge is 0.305 e. The molecule has 1 N–H and O–H groups in total. The lowest BCUT2D eigenvalue weighted by molar-refractivity contribution is 0.0905. The number of unbranched alkanes of at least 4 members (excludes halogenated alkanes) is 2. The van der Waals surface area contributed by atoms with E-state index in [-0.39, 0.29) is 5.82 Å². The van der Waals surface area contributed by atoms with Gasteiger partial charge in [0.1, 0.15) is 5.82 Å². The average Bonchev–Trinajstić information content (AvgIpc) is 2.80. The molecule has 1 aliphatic rings. The molecule has 1 saturated heterocycles. The maximum atomic E-state index is 14.8. The molecule has 0 aliphatic carbocycles. The van der Waals surface area contributed by atoms with E-state index < -0.39 is 0 Å². The van der Waals surface area contributed by atoms with Gasteiger partial charge >= 0.3 is 0 Å². The standard InChI is InChI=1S/C30H45FN2O/c1-30(2,3)23-33-20-17-25(18-21-33)10-9-24-11-14-27(15-12-24)28-16-13-26(22-29(28)31)8-6-5-7-19-32-34-4/h11-16,22,25,32H,5-10,17-21,23H2,1-4H3. The molecule has 1 fully saturated rings. The molecule has 0 aromatic heterocycles. The van der Waals surface area contributed by atoms with E-state index in [1.165, 1.54) is 44.5 Å². The maximum Gasteiger partial charge on any atom is 0.131 e. The molecular weight excluding hydrogens is 423 g/mol. The van der Waals surface area contributed by atoms with Gasteiger partial charge < -0.3 is 9.74 Å². The highest BCUT2D eigenvalue weighted by Crippen LogP contribution is 2.27. The first-order chi connectivity index (χ1) is 16.3. The molecular formula is C30H45FN2O. The van der Waals surface area contributed by atoms with Crippen LogP contribution in [0.2, 0.25) is 0 Å². The molecule has 0 atom stereocenters. The highest BCUT2D eigenvalue weighted by atomic mass is 19.1. The van der Waals surface area contributed by atoms with E-state index in [4.69, 9.17) is 4.84 Å². The van der Waals surface area contributed by atoms with Gasteiger partial charge in [-0.2, -0.15) is 0 Å². The van der Waals surface area contributed by atoms with Gasteiger partial charge in [-0.05, 0) is 92.1 Å². The van der Waals surface area contributed by atoms with Crippen molar-refractivity contribution in [2.75, 3.05) is 33.3 Å². The molecule has 4 heteroatoms. The van der Waals surface area contributed by atoms with E-state index in [1.807, 2.05) is 6.07 Å². The summed E-state index contributed by atoms with van der Waals surface area (Å²) in [5.41, 5.74) is 7.35. The second kappa shape index (κ2) is 13.4. The molecule has 0 amide bonds. The lowest BCUT2D eigenvalue weighted by Gasteiger charge is -2.36. The molecule has 1 heterocycles. The number of piperidine rings is 1. The van der Waals surface area contributed by atoms with Crippen LogP contribution in [0.25, 0.3) is 11.1 Å². The smallest absolute Gasteiger partial charge is 0.131 e. The van der Waals surface area contributed by atoms with Gasteiger partial charge in [0.2, 0.25) is 0 Å². The van der Waals surface area contributed by atoms with Crippen molar-refractivity contribution < 1.29 is 9.23 Å². The third-order valence-electron chi connectivity index (χ3n) is 6.93. The lowest BCUT2D eigenvalue weighted by atomic mass is 9.88. The third-order valence-corrected chi connectivity index (χ3v) is 6.93. The predicted octanol–water partition coefficient (Wildman–Crippen LogP) is 7.05. The summed E-state index contributed by atoms with van der Waals surface area (Å²) in [5.74, 6) is 0.713. The number of rotatable bonds is 12. The van der Waals surface area contributed by atoms with Crippen LogP contribution in [0.5, 0.6) is 0 Å². The number of benzene rings is 2. The molecule has 3 nitrogen and oxygen atoms in total. The Morgan fingerprint density at radius 2 is 1.65 bits per heavy atom. The number of hydrogen-bond acceptors (Lipinski definition) is 3. The fourth-order valence-corrected chi connectivity index (χ4v) is 5.08. The summed E-state index contributed by atoms with van der Waals surface area (Å²) in [4.78, 5) is 7.47. The normalized spacial score (nSPS) is 15.7. The topological polar surface area (TPSA) is 24.5 Å². The Bertz CT molecular complexity index is 851. The number of aryl methyl sites for hydroxylation is 2. The Hall–Kier alpha value is -1.75. The van der Waals surface area contributed by atoms with Crippen LogP contribution in [0.15, 0.2) is 42.5 Å². The molecule has 3 rings (SSSR count). The fraction of sp³-hybridized carbons (Fsp3) is 0.600. The minimum absolute atomic E-state index is 0.117. The predicted molar refractivity (Wildman–Crippen MR) is 141 cm³/mol. The van der Waals surface area contributed by atoms with Crippen molar-refractivity contribution >= 4 is 0 Å². The number of nitrogens with zero attached hydrogens (tertiary/aromatic N) is 1. The molecule has 1 aliphatic heterocycles. The van der Waals surface area contributed by atoms with E-state index in [1.54, 1.807) is 13.2 Å². The Morgan fingerprint density at radius 3 is 2.29 bits per heavy atom. The average molecular weight is 469 g/mol. The molecule has 188 valence electrons. The Kier molecular flexibility index (Phi) is 10.6. The van der Waals surface area contributed by atoms with Crippen molar-refractivity contribution in [2.45, 2.75) is 72.1 Å². The van der Waals surface area contributed by atoms with E-state index in [0.29, 0.717) is 11.0 Å². The van der Waals surface area contributed by atoms with Gasteiger partial charge in [0.15, 0.2) is 0 Å². The van der Waals surface area contributed by atoms with E-state index in [0.717, 1.165) is 55.7 Å². The van der Waals surface area contributed by atoms with Crippen LogP contribution in [-0.2, 0) is 17.7 Å². The van der Waals surface area contributed by atoms with E-state index in [9.17, 15) is 4.39 Å². The first kappa shape index (κ1) is 26.8. The molecule has 0 saturated carbocycles. The van der Waals surface area contributed by atoms with Crippen LogP contribution >= 0.6 is 0 Å². The number of hydroxylamine groups is 1. The van der Waals surface area contributed by atoms with Crippen molar-refractivity contribution in [3.05, 3.63) is 59.4 Å². The highest BCUT2D eigenvalue weighted by molar-refractivity contribution is 5.64. The lowest BCUT2D eigenvalue weighted by Crippen LogP contribution is -2.39. The maximum absolute atomic E-state index is 14.8. The number of hydrogen-bond donors (Lipinski definition) is 1. The van der Waals surface area contributed by atoms with Crippen LogP contribution in [0, 0.1) is 17.2 Å². The van der Waals surface area contributed by atoms with Gasteiger partial charge in [-0.25, -0.2) is 9.87 Å². The Labute approximate surface area is 207 Å². The summed E-state index contributed by atoms with van der Waals surface area (Å²) in [7, 11) is 1.64. The van der Waals surface area contributed by atoms with E-state index in [2.05, 4.69) is 61.5 Å². The fourth-order valence-electron chi connectivity index (χ4n) is 5.08. The van der Waals surface area contributed by atoms with Crippen LogP contribution in [0.3, 0.4) is 0 Å². The minimum atomic E-state index is -0.117.